The van der Waals surface area contributed by atoms with Gasteiger partial charge in [-0.05, 0) is 88.5 Å². The number of rotatable bonds is 10. The van der Waals surface area contributed by atoms with Crippen LogP contribution < -0.4 is 4.74 Å². The average Bonchev–Trinajstić information content (AvgIpc) is 3.29. The number of carbonyl (C=O) groups excluding carboxylic acids is 3. The minimum absolute atomic E-state index is 0.00966. The SMILES string of the molecule is CCOC(=O)C(C)(C)Oc1c(C)cc(CC[C@H]2CN(C(C)=O)CC2C(=O)c2ccc(SC)cc2)cc1C. The molecule has 0 N–H and O–H groups in total. The molecule has 1 aliphatic rings. The van der Waals surface area contributed by atoms with Crippen molar-refractivity contribution in [2.24, 2.45) is 11.8 Å². The summed E-state index contributed by atoms with van der Waals surface area (Å²) in [4.78, 5) is 40.8. The van der Waals surface area contributed by atoms with E-state index in [4.69, 9.17) is 9.47 Å². The van der Waals surface area contributed by atoms with Crippen molar-refractivity contribution in [2.75, 3.05) is 26.0 Å². The Balaban J connectivity index is 1.74. The fourth-order valence-corrected chi connectivity index (χ4v) is 5.39. The number of hydrogen-bond donors (Lipinski definition) is 0. The molecule has 0 saturated carbocycles. The molecule has 1 saturated heterocycles. The highest BCUT2D eigenvalue weighted by Crippen LogP contribution is 2.33. The zero-order chi connectivity index (χ0) is 27.3. The number of benzene rings is 2. The summed E-state index contributed by atoms with van der Waals surface area (Å²) in [5, 5.41) is 0. The first kappa shape index (κ1) is 28.8. The normalized spacial score (nSPS) is 17.5. The lowest BCUT2D eigenvalue weighted by atomic mass is 9.84. The zero-order valence-electron chi connectivity index (χ0n) is 23.1. The maximum Gasteiger partial charge on any atom is 0.349 e. The van der Waals surface area contributed by atoms with E-state index in [1.807, 2.05) is 44.4 Å². The fourth-order valence-electron chi connectivity index (χ4n) is 4.99. The average molecular weight is 526 g/mol. The molecule has 1 amide bonds. The molecule has 6 nitrogen and oxygen atoms in total. The van der Waals surface area contributed by atoms with Crippen LogP contribution in [0.1, 0.15) is 61.2 Å². The predicted octanol–water partition coefficient (Wildman–Crippen LogP) is 5.66. The molecular weight excluding hydrogens is 486 g/mol. The summed E-state index contributed by atoms with van der Waals surface area (Å²) >= 11 is 1.65. The number of ketones is 1. The Morgan fingerprint density at radius 1 is 1.05 bits per heavy atom. The van der Waals surface area contributed by atoms with Gasteiger partial charge in [-0.15, -0.1) is 11.8 Å². The summed E-state index contributed by atoms with van der Waals surface area (Å²) in [6.07, 6.45) is 3.60. The maximum absolute atomic E-state index is 13.4. The molecule has 2 atom stereocenters. The number of thioether (sulfide) groups is 1. The van der Waals surface area contributed by atoms with E-state index < -0.39 is 11.6 Å². The second kappa shape index (κ2) is 12.2. The Morgan fingerprint density at radius 3 is 2.22 bits per heavy atom. The van der Waals surface area contributed by atoms with Crippen LogP contribution in [-0.4, -0.2) is 54.1 Å². The van der Waals surface area contributed by atoms with Crippen molar-refractivity contribution in [1.29, 1.82) is 0 Å². The largest absolute Gasteiger partial charge is 0.476 e. The van der Waals surface area contributed by atoms with Crippen LogP contribution in [0.5, 0.6) is 5.75 Å². The number of Topliss-reactive ketones (excluding diaryl/α,β-unsaturated/α-hetero) is 1. The Hall–Kier alpha value is -2.80. The number of amides is 1. The van der Waals surface area contributed by atoms with Crippen LogP contribution in [0.2, 0.25) is 0 Å². The highest BCUT2D eigenvalue weighted by molar-refractivity contribution is 7.98. The third-order valence-corrected chi connectivity index (χ3v) is 7.79. The summed E-state index contributed by atoms with van der Waals surface area (Å²) in [6, 6.07) is 11.9. The van der Waals surface area contributed by atoms with E-state index in [2.05, 4.69) is 12.1 Å². The zero-order valence-corrected chi connectivity index (χ0v) is 23.9. The van der Waals surface area contributed by atoms with Gasteiger partial charge in [0.1, 0.15) is 5.75 Å². The van der Waals surface area contributed by atoms with E-state index >= 15 is 0 Å². The van der Waals surface area contributed by atoms with Crippen LogP contribution in [0.3, 0.4) is 0 Å². The topological polar surface area (TPSA) is 72.9 Å². The van der Waals surface area contributed by atoms with Crippen molar-refractivity contribution < 1.29 is 23.9 Å². The summed E-state index contributed by atoms with van der Waals surface area (Å²) in [5.41, 5.74) is 2.66. The van der Waals surface area contributed by atoms with E-state index in [-0.39, 0.29) is 23.5 Å². The summed E-state index contributed by atoms with van der Waals surface area (Å²) < 4.78 is 11.3. The molecule has 2 aromatic carbocycles. The third kappa shape index (κ3) is 6.95. The first-order chi connectivity index (χ1) is 17.5. The lowest BCUT2D eigenvalue weighted by molar-refractivity contribution is -0.158. The van der Waals surface area contributed by atoms with Gasteiger partial charge in [-0.3, -0.25) is 9.59 Å². The quantitative estimate of drug-likeness (QED) is 0.227. The van der Waals surface area contributed by atoms with Gasteiger partial charge in [0, 0.05) is 36.4 Å². The van der Waals surface area contributed by atoms with Gasteiger partial charge in [-0.25, -0.2) is 4.79 Å². The summed E-state index contributed by atoms with van der Waals surface area (Å²) in [5.74, 6) is 0.296. The Labute approximate surface area is 225 Å². The summed E-state index contributed by atoms with van der Waals surface area (Å²) in [6.45, 7) is 12.1. The minimum atomic E-state index is -1.09. The standard InChI is InChI=1S/C30H39NO5S/c1-8-35-29(34)30(5,6)36-28-19(2)15-22(16-20(28)3)9-10-24-17-31(21(4)32)18-26(24)27(33)23-11-13-25(37-7)14-12-23/h11-16,24,26H,8-10,17-18H2,1-7H3/t24-,26?/m0/s1. The number of aryl methyl sites for hydroxylation is 3. The molecule has 0 aliphatic carbocycles. The van der Waals surface area contributed by atoms with Crippen molar-refractivity contribution in [2.45, 2.75) is 64.9 Å². The van der Waals surface area contributed by atoms with Crippen LogP contribution >= 0.6 is 11.8 Å². The molecule has 200 valence electrons. The van der Waals surface area contributed by atoms with E-state index in [1.165, 1.54) is 0 Å². The molecule has 1 unspecified atom stereocenters. The monoisotopic (exact) mass is 525 g/mol. The van der Waals surface area contributed by atoms with Gasteiger partial charge in [0.15, 0.2) is 11.4 Å². The Bertz CT molecular complexity index is 1120. The second-order valence-electron chi connectivity index (χ2n) is 10.3. The molecular formula is C30H39NO5S. The molecule has 0 bridgehead atoms. The van der Waals surface area contributed by atoms with E-state index in [0.29, 0.717) is 31.0 Å². The number of ether oxygens (including phenoxy) is 2. The molecule has 0 aromatic heterocycles. The lowest BCUT2D eigenvalue weighted by Crippen LogP contribution is -2.40. The molecule has 0 spiro atoms. The van der Waals surface area contributed by atoms with Gasteiger partial charge in [-0.2, -0.15) is 0 Å². The molecule has 2 aromatic rings. The van der Waals surface area contributed by atoms with E-state index in [0.717, 1.165) is 34.4 Å². The molecule has 1 fully saturated rings. The van der Waals surface area contributed by atoms with Crippen LogP contribution in [0.15, 0.2) is 41.3 Å². The molecule has 0 radical (unpaired) electrons. The Morgan fingerprint density at radius 2 is 1.68 bits per heavy atom. The van der Waals surface area contributed by atoms with Gasteiger partial charge in [-0.1, -0.05) is 24.3 Å². The Kier molecular flexibility index (Phi) is 9.46. The van der Waals surface area contributed by atoms with Crippen LogP contribution in [0.25, 0.3) is 0 Å². The first-order valence-corrected chi connectivity index (χ1v) is 14.1. The first-order valence-electron chi connectivity index (χ1n) is 12.9. The van der Waals surface area contributed by atoms with Crippen LogP contribution in [-0.2, 0) is 20.7 Å². The molecule has 7 heteroatoms. The van der Waals surface area contributed by atoms with E-state index in [9.17, 15) is 14.4 Å². The van der Waals surface area contributed by atoms with Gasteiger partial charge >= 0.3 is 5.97 Å². The third-order valence-electron chi connectivity index (χ3n) is 7.05. The number of carbonyl (C=O) groups is 3. The van der Waals surface area contributed by atoms with Crippen molar-refractivity contribution in [3.05, 3.63) is 58.7 Å². The summed E-state index contributed by atoms with van der Waals surface area (Å²) in [7, 11) is 0. The number of hydrogen-bond acceptors (Lipinski definition) is 6. The van der Waals surface area contributed by atoms with Gasteiger partial charge in [0.2, 0.25) is 5.91 Å². The maximum atomic E-state index is 13.4. The van der Waals surface area contributed by atoms with Gasteiger partial charge < -0.3 is 14.4 Å². The van der Waals surface area contributed by atoms with Gasteiger partial charge in [0.25, 0.3) is 0 Å². The van der Waals surface area contributed by atoms with Crippen molar-refractivity contribution in [3.8, 4) is 5.75 Å². The van der Waals surface area contributed by atoms with Gasteiger partial charge in [0.05, 0.1) is 6.61 Å². The predicted molar refractivity (Wildman–Crippen MR) is 147 cm³/mol. The number of likely N-dealkylation sites (tertiary alicyclic amines) is 1. The number of nitrogens with zero attached hydrogens (tertiary/aromatic N) is 1. The highest BCUT2D eigenvalue weighted by Gasteiger charge is 2.38. The molecule has 1 aliphatic heterocycles. The van der Waals surface area contributed by atoms with Crippen molar-refractivity contribution in [1.82, 2.24) is 4.90 Å². The van der Waals surface area contributed by atoms with Crippen LogP contribution in [0, 0.1) is 25.7 Å². The molecule has 3 rings (SSSR count). The second-order valence-corrected chi connectivity index (χ2v) is 11.2. The fraction of sp³-hybridized carbons (Fsp3) is 0.500. The lowest BCUT2D eigenvalue weighted by Gasteiger charge is -2.26. The van der Waals surface area contributed by atoms with Crippen molar-refractivity contribution >= 4 is 29.4 Å². The minimum Gasteiger partial charge on any atom is -0.476 e. The van der Waals surface area contributed by atoms with Crippen LogP contribution in [0.4, 0.5) is 0 Å². The molecule has 1 heterocycles. The number of esters is 1. The smallest absolute Gasteiger partial charge is 0.349 e. The van der Waals surface area contributed by atoms with E-state index in [1.54, 1.807) is 44.4 Å². The highest BCUT2D eigenvalue weighted by atomic mass is 32.2. The molecule has 37 heavy (non-hydrogen) atoms. The van der Waals surface area contributed by atoms with Crippen molar-refractivity contribution in [3.63, 3.8) is 0 Å².